The Morgan fingerprint density at radius 3 is 2.41 bits per heavy atom. The van der Waals surface area contributed by atoms with E-state index in [1.165, 1.54) is 24.3 Å². The standard InChI is InChI=1S/C11H11F3NO2/c1-2-7-15-16-8-9-3-5-10(6-4-9)17-11(12,13)14/h3-6H,2,8H2,1H3. The van der Waals surface area contributed by atoms with E-state index in [2.05, 4.69) is 16.1 Å². The molecular weight excluding hydrogens is 235 g/mol. The van der Waals surface area contributed by atoms with E-state index in [0.29, 0.717) is 12.0 Å². The van der Waals surface area contributed by atoms with Crippen molar-refractivity contribution in [3.05, 3.63) is 29.8 Å². The van der Waals surface area contributed by atoms with E-state index in [1.807, 2.05) is 6.92 Å². The molecule has 1 radical (unpaired) electrons. The molecule has 0 aliphatic heterocycles. The molecule has 0 fully saturated rings. The van der Waals surface area contributed by atoms with Gasteiger partial charge in [0.2, 0.25) is 0 Å². The first-order valence-electron chi connectivity index (χ1n) is 4.91. The van der Waals surface area contributed by atoms with Gasteiger partial charge in [-0.25, -0.2) is 0 Å². The first-order valence-corrected chi connectivity index (χ1v) is 4.91. The molecule has 93 valence electrons. The summed E-state index contributed by atoms with van der Waals surface area (Å²) in [7, 11) is 0. The normalized spacial score (nSPS) is 11.8. The minimum Gasteiger partial charge on any atom is -0.406 e. The number of ether oxygens (including phenoxy) is 1. The second kappa shape index (κ2) is 6.12. The zero-order valence-electron chi connectivity index (χ0n) is 9.12. The maximum Gasteiger partial charge on any atom is 0.573 e. The van der Waals surface area contributed by atoms with Gasteiger partial charge in [0.15, 0.2) is 0 Å². The average Bonchev–Trinajstić information content (AvgIpc) is 2.25. The van der Waals surface area contributed by atoms with Crippen molar-refractivity contribution < 1.29 is 22.7 Å². The number of hydrogen-bond donors (Lipinski definition) is 0. The maximum atomic E-state index is 11.9. The van der Waals surface area contributed by atoms with Crippen LogP contribution in [0, 0.1) is 0 Å². The Kier molecular flexibility index (Phi) is 4.81. The van der Waals surface area contributed by atoms with Crippen LogP contribution in [-0.2, 0) is 11.4 Å². The van der Waals surface area contributed by atoms with Crippen molar-refractivity contribution in [3.8, 4) is 5.75 Å². The molecule has 0 saturated carbocycles. The van der Waals surface area contributed by atoms with Crippen LogP contribution >= 0.6 is 0 Å². The largest absolute Gasteiger partial charge is 0.573 e. The second-order valence-electron chi connectivity index (χ2n) is 3.07. The minimum atomic E-state index is -4.67. The van der Waals surface area contributed by atoms with Crippen molar-refractivity contribution in [2.24, 2.45) is 5.16 Å². The first-order chi connectivity index (χ1) is 8.01. The van der Waals surface area contributed by atoms with Crippen molar-refractivity contribution in [1.82, 2.24) is 0 Å². The Labute approximate surface area is 96.8 Å². The summed E-state index contributed by atoms with van der Waals surface area (Å²) in [5.74, 6) is -0.259. The van der Waals surface area contributed by atoms with Crippen LogP contribution in [-0.4, -0.2) is 12.6 Å². The van der Waals surface area contributed by atoms with Gasteiger partial charge in [-0.3, -0.25) is 0 Å². The molecule has 0 aromatic heterocycles. The average molecular weight is 246 g/mol. The second-order valence-corrected chi connectivity index (χ2v) is 3.07. The smallest absolute Gasteiger partial charge is 0.406 e. The fraction of sp³-hybridized carbons (Fsp3) is 0.364. The predicted octanol–water partition coefficient (Wildman–Crippen LogP) is 3.37. The molecule has 1 rings (SSSR count). The number of hydrogen-bond acceptors (Lipinski definition) is 3. The molecule has 0 spiro atoms. The zero-order chi connectivity index (χ0) is 12.7. The quantitative estimate of drug-likeness (QED) is 0.589. The van der Waals surface area contributed by atoms with Gasteiger partial charge >= 0.3 is 6.36 Å². The van der Waals surface area contributed by atoms with Crippen molar-refractivity contribution in [2.45, 2.75) is 26.3 Å². The Bertz CT molecular complexity index is 360. The summed E-state index contributed by atoms with van der Waals surface area (Å²) in [5.41, 5.74) is 0.696. The summed E-state index contributed by atoms with van der Waals surface area (Å²) >= 11 is 0. The Hall–Kier alpha value is -1.72. The highest BCUT2D eigenvalue weighted by Crippen LogP contribution is 2.22. The third-order valence-electron chi connectivity index (χ3n) is 1.68. The molecule has 0 heterocycles. The van der Waals surface area contributed by atoms with Crippen molar-refractivity contribution >= 4 is 6.21 Å². The summed E-state index contributed by atoms with van der Waals surface area (Å²) in [5, 5.41) is 3.51. The van der Waals surface area contributed by atoms with E-state index in [0.717, 1.165) is 0 Å². The van der Waals surface area contributed by atoms with Crippen LogP contribution in [0.25, 0.3) is 0 Å². The fourth-order valence-electron chi connectivity index (χ4n) is 1.00. The van der Waals surface area contributed by atoms with Crippen LogP contribution in [0.4, 0.5) is 13.2 Å². The van der Waals surface area contributed by atoms with Gasteiger partial charge in [-0.1, -0.05) is 24.2 Å². The number of benzene rings is 1. The van der Waals surface area contributed by atoms with Crippen molar-refractivity contribution in [2.75, 3.05) is 0 Å². The van der Waals surface area contributed by atoms with E-state index in [9.17, 15) is 13.2 Å². The van der Waals surface area contributed by atoms with Crippen LogP contribution in [0.2, 0.25) is 0 Å². The monoisotopic (exact) mass is 246 g/mol. The summed E-state index contributed by atoms with van der Waals surface area (Å²) in [6, 6.07) is 5.39. The van der Waals surface area contributed by atoms with E-state index in [-0.39, 0.29) is 12.4 Å². The molecule has 0 aliphatic rings. The summed E-state index contributed by atoms with van der Waals surface area (Å²) in [6.07, 6.45) is -1.44. The number of alkyl halides is 3. The predicted molar refractivity (Wildman–Crippen MR) is 55.6 cm³/mol. The third kappa shape index (κ3) is 5.79. The van der Waals surface area contributed by atoms with E-state index < -0.39 is 6.36 Å². The molecule has 1 aromatic rings. The lowest BCUT2D eigenvalue weighted by molar-refractivity contribution is -0.274. The molecule has 0 amide bonds. The summed E-state index contributed by atoms with van der Waals surface area (Å²) < 4.78 is 39.3. The summed E-state index contributed by atoms with van der Waals surface area (Å²) in [4.78, 5) is 4.85. The molecule has 0 saturated heterocycles. The molecule has 1 aromatic carbocycles. The van der Waals surface area contributed by atoms with E-state index in [4.69, 9.17) is 4.84 Å². The van der Waals surface area contributed by atoms with Crippen molar-refractivity contribution in [1.29, 1.82) is 0 Å². The molecule has 0 aliphatic carbocycles. The highest BCUT2D eigenvalue weighted by molar-refractivity contribution is 5.55. The maximum absolute atomic E-state index is 11.9. The SMILES string of the molecule is CC/[C]=N\OCc1ccc(OC(F)(F)F)cc1. The minimum absolute atomic E-state index is 0.180. The van der Waals surface area contributed by atoms with Gasteiger partial charge < -0.3 is 9.57 Å². The van der Waals surface area contributed by atoms with Gasteiger partial charge in [-0.15, -0.1) is 13.2 Å². The van der Waals surface area contributed by atoms with Gasteiger partial charge in [-0.05, 0) is 24.1 Å². The molecule has 6 heteroatoms. The first kappa shape index (κ1) is 13.3. The highest BCUT2D eigenvalue weighted by Gasteiger charge is 2.30. The number of halogens is 3. The van der Waals surface area contributed by atoms with Crippen LogP contribution in [0.5, 0.6) is 5.75 Å². The number of rotatable bonds is 5. The molecule has 0 bridgehead atoms. The Balaban J connectivity index is 2.47. The van der Waals surface area contributed by atoms with Crippen LogP contribution < -0.4 is 4.74 Å². The third-order valence-corrected chi connectivity index (χ3v) is 1.68. The topological polar surface area (TPSA) is 30.8 Å². The highest BCUT2D eigenvalue weighted by atomic mass is 19.4. The Morgan fingerprint density at radius 2 is 1.88 bits per heavy atom. The fourth-order valence-corrected chi connectivity index (χ4v) is 1.00. The molecule has 0 unspecified atom stereocenters. The molecule has 0 N–H and O–H groups in total. The van der Waals surface area contributed by atoms with Gasteiger partial charge in [-0.2, -0.15) is 0 Å². The van der Waals surface area contributed by atoms with E-state index in [1.54, 1.807) is 0 Å². The summed E-state index contributed by atoms with van der Waals surface area (Å²) in [6.45, 7) is 2.04. The van der Waals surface area contributed by atoms with Crippen LogP contribution in [0.1, 0.15) is 18.9 Å². The molecule has 3 nitrogen and oxygen atoms in total. The Morgan fingerprint density at radius 1 is 1.24 bits per heavy atom. The van der Waals surface area contributed by atoms with Gasteiger partial charge in [0.05, 0.1) is 0 Å². The molecular formula is C11H11F3NO2. The van der Waals surface area contributed by atoms with Crippen LogP contribution in [0.15, 0.2) is 29.4 Å². The van der Waals surface area contributed by atoms with E-state index >= 15 is 0 Å². The van der Waals surface area contributed by atoms with Gasteiger partial charge in [0.1, 0.15) is 18.6 Å². The lowest BCUT2D eigenvalue weighted by atomic mass is 10.2. The molecule has 17 heavy (non-hydrogen) atoms. The lowest BCUT2D eigenvalue weighted by Crippen LogP contribution is -2.17. The molecule has 0 atom stereocenters. The van der Waals surface area contributed by atoms with Crippen LogP contribution in [0.3, 0.4) is 0 Å². The van der Waals surface area contributed by atoms with Gasteiger partial charge in [0, 0.05) is 0 Å². The lowest BCUT2D eigenvalue weighted by Gasteiger charge is -2.08. The zero-order valence-corrected chi connectivity index (χ0v) is 9.12. The van der Waals surface area contributed by atoms with Gasteiger partial charge in [0.25, 0.3) is 0 Å². The number of nitrogens with zero attached hydrogens (tertiary/aromatic N) is 1. The van der Waals surface area contributed by atoms with Crippen molar-refractivity contribution in [3.63, 3.8) is 0 Å².